The second-order valence-corrected chi connectivity index (χ2v) is 3.13. The maximum Gasteiger partial charge on any atom is 0.0996 e. The lowest BCUT2D eigenvalue weighted by Crippen LogP contribution is -2.26. The SMILES string of the molecule is C=CCC1CCN(CC=C)C1=N. The second-order valence-electron chi connectivity index (χ2n) is 3.13. The maximum absolute atomic E-state index is 7.80. The molecule has 1 rings (SSSR count). The minimum Gasteiger partial charge on any atom is -0.357 e. The molecule has 0 saturated carbocycles. The van der Waals surface area contributed by atoms with Crippen LogP contribution < -0.4 is 0 Å². The number of likely N-dealkylation sites (tertiary alicyclic amines) is 1. The van der Waals surface area contributed by atoms with Gasteiger partial charge in [-0.2, -0.15) is 0 Å². The summed E-state index contributed by atoms with van der Waals surface area (Å²) in [6.07, 6.45) is 5.78. The van der Waals surface area contributed by atoms with Gasteiger partial charge in [-0.3, -0.25) is 5.41 Å². The number of rotatable bonds is 4. The molecule has 0 aromatic carbocycles. The van der Waals surface area contributed by atoms with Crippen LogP contribution in [0.15, 0.2) is 25.3 Å². The van der Waals surface area contributed by atoms with Crippen molar-refractivity contribution in [3.05, 3.63) is 25.3 Å². The van der Waals surface area contributed by atoms with E-state index in [1.807, 2.05) is 12.2 Å². The highest BCUT2D eigenvalue weighted by Crippen LogP contribution is 2.21. The smallest absolute Gasteiger partial charge is 0.0996 e. The minimum atomic E-state index is 0.405. The molecule has 1 heterocycles. The lowest BCUT2D eigenvalue weighted by atomic mass is 10.0. The molecule has 1 saturated heterocycles. The van der Waals surface area contributed by atoms with Crippen molar-refractivity contribution < 1.29 is 0 Å². The van der Waals surface area contributed by atoms with Crippen LogP contribution in [0.1, 0.15) is 12.8 Å². The van der Waals surface area contributed by atoms with Crippen LogP contribution in [0.4, 0.5) is 0 Å². The Kier molecular flexibility index (Phi) is 3.09. The quantitative estimate of drug-likeness (QED) is 0.632. The van der Waals surface area contributed by atoms with Gasteiger partial charge in [0, 0.05) is 19.0 Å². The van der Waals surface area contributed by atoms with Gasteiger partial charge in [0.1, 0.15) is 0 Å². The van der Waals surface area contributed by atoms with Crippen molar-refractivity contribution in [2.24, 2.45) is 5.92 Å². The molecule has 1 N–H and O–H groups in total. The molecule has 1 fully saturated rings. The summed E-state index contributed by atoms with van der Waals surface area (Å²) < 4.78 is 0. The zero-order valence-electron chi connectivity index (χ0n) is 7.42. The third-order valence-corrected chi connectivity index (χ3v) is 2.28. The van der Waals surface area contributed by atoms with E-state index in [1.54, 1.807) is 0 Å². The Balaban J connectivity index is 2.48. The van der Waals surface area contributed by atoms with Crippen LogP contribution in [-0.2, 0) is 0 Å². The molecule has 0 aliphatic carbocycles. The largest absolute Gasteiger partial charge is 0.357 e. The number of hydrogen-bond donors (Lipinski definition) is 1. The fourth-order valence-electron chi connectivity index (χ4n) is 1.60. The highest BCUT2D eigenvalue weighted by Gasteiger charge is 2.25. The lowest BCUT2D eigenvalue weighted by Gasteiger charge is -2.16. The second kappa shape index (κ2) is 4.10. The summed E-state index contributed by atoms with van der Waals surface area (Å²) in [7, 11) is 0. The summed E-state index contributed by atoms with van der Waals surface area (Å²) >= 11 is 0. The molecule has 0 bridgehead atoms. The van der Waals surface area contributed by atoms with Gasteiger partial charge in [0.25, 0.3) is 0 Å². The Morgan fingerprint density at radius 3 is 2.83 bits per heavy atom. The third kappa shape index (κ3) is 1.76. The first-order chi connectivity index (χ1) is 5.79. The van der Waals surface area contributed by atoms with E-state index < -0.39 is 0 Å². The first kappa shape index (κ1) is 9.04. The normalized spacial score (nSPS) is 22.8. The van der Waals surface area contributed by atoms with Crippen molar-refractivity contribution in [2.75, 3.05) is 13.1 Å². The van der Waals surface area contributed by atoms with Crippen LogP contribution in [0, 0.1) is 11.3 Å². The summed E-state index contributed by atoms with van der Waals surface area (Å²) in [4.78, 5) is 2.07. The zero-order chi connectivity index (χ0) is 8.97. The van der Waals surface area contributed by atoms with Crippen molar-refractivity contribution in [1.29, 1.82) is 5.41 Å². The van der Waals surface area contributed by atoms with E-state index in [-0.39, 0.29) is 0 Å². The van der Waals surface area contributed by atoms with Crippen LogP contribution in [0.25, 0.3) is 0 Å². The predicted octanol–water partition coefficient (Wildman–Crippen LogP) is 2.05. The summed E-state index contributed by atoms with van der Waals surface area (Å²) in [6, 6.07) is 0. The molecule has 0 radical (unpaired) electrons. The van der Waals surface area contributed by atoms with Gasteiger partial charge >= 0.3 is 0 Å². The van der Waals surface area contributed by atoms with Gasteiger partial charge in [-0.05, 0) is 12.8 Å². The first-order valence-electron chi connectivity index (χ1n) is 4.34. The Hall–Kier alpha value is -1.05. The van der Waals surface area contributed by atoms with Crippen molar-refractivity contribution in [2.45, 2.75) is 12.8 Å². The number of allylic oxidation sites excluding steroid dienone is 1. The van der Waals surface area contributed by atoms with Crippen LogP contribution in [0.5, 0.6) is 0 Å². The predicted molar refractivity (Wildman–Crippen MR) is 52.4 cm³/mol. The van der Waals surface area contributed by atoms with Gasteiger partial charge in [-0.25, -0.2) is 0 Å². The molecule has 0 aromatic heterocycles. The molecule has 1 unspecified atom stereocenters. The van der Waals surface area contributed by atoms with Crippen LogP contribution in [-0.4, -0.2) is 23.8 Å². The van der Waals surface area contributed by atoms with Crippen molar-refractivity contribution in [3.63, 3.8) is 0 Å². The standard InChI is InChI=1S/C10H16N2/c1-3-5-9-6-8-12(7-4-2)10(9)11/h3-4,9,11H,1-2,5-8H2. The van der Waals surface area contributed by atoms with Crippen LogP contribution in [0.3, 0.4) is 0 Å². The van der Waals surface area contributed by atoms with E-state index in [2.05, 4.69) is 18.1 Å². The molecule has 2 nitrogen and oxygen atoms in total. The van der Waals surface area contributed by atoms with E-state index in [1.165, 1.54) is 0 Å². The summed E-state index contributed by atoms with van der Waals surface area (Å²) in [5, 5.41) is 7.80. The fourth-order valence-corrected chi connectivity index (χ4v) is 1.60. The average molecular weight is 164 g/mol. The molecular formula is C10H16N2. The number of nitrogens with zero attached hydrogens (tertiary/aromatic N) is 1. The monoisotopic (exact) mass is 164 g/mol. The highest BCUT2D eigenvalue weighted by molar-refractivity contribution is 5.83. The molecular weight excluding hydrogens is 148 g/mol. The van der Waals surface area contributed by atoms with Crippen molar-refractivity contribution >= 4 is 5.84 Å². The molecule has 2 heteroatoms. The van der Waals surface area contributed by atoms with E-state index in [0.29, 0.717) is 5.92 Å². The summed E-state index contributed by atoms with van der Waals surface area (Å²) in [6.45, 7) is 9.18. The van der Waals surface area contributed by atoms with Gasteiger partial charge in [-0.15, -0.1) is 13.2 Å². The van der Waals surface area contributed by atoms with Gasteiger partial charge in [0.2, 0.25) is 0 Å². The molecule has 0 amide bonds. The Labute approximate surface area is 74.1 Å². The Morgan fingerprint density at radius 2 is 2.25 bits per heavy atom. The van der Waals surface area contributed by atoms with Gasteiger partial charge in [-0.1, -0.05) is 12.2 Å². The molecule has 66 valence electrons. The summed E-state index contributed by atoms with van der Waals surface area (Å²) in [5.41, 5.74) is 0. The van der Waals surface area contributed by atoms with Crippen LogP contribution >= 0.6 is 0 Å². The molecule has 12 heavy (non-hydrogen) atoms. The number of amidine groups is 1. The van der Waals surface area contributed by atoms with E-state index in [9.17, 15) is 0 Å². The van der Waals surface area contributed by atoms with Gasteiger partial charge < -0.3 is 4.90 Å². The Morgan fingerprint density at radius 1 is 1.50 bits per heavy atom. The topological polar surface area (TPSA) is 27.1 Å². The number of hydrogen-bond acceptors (Lipinski definition) is 1. The lowest BCUT2D eigenvalue weighted by molar-refractivity contribution is 0.499. The molecule has 1 atom stereocenters. The molecule has 1 aliphatic heterocycles. The van der Waals surface area contributed by atoms with Crippen LogP contribution in [0.2, 0.25) is 0 Å². The van der Waals surface area contributed by atoms with Crippen molar-refractivity contribution in [3.8, 4) is 0 Å². The minimum absolute atomic E-state index is 0.405. The summed E-state index contributed by atoms with van der Waals surface area (Å²) in [5.74, 6) is 1.16. The molecule has 0 aromatic rings. The van der Waals surface area contributed by atoms with Crippen molar-refractivity contribution in [1.82, 2.24) is 4.90 Å². The molecule has 1 aliphatic rings. The fraction of sp³-hybridized carbons (Fsp3) is 0.500. The van der Waals surface area contributed by atoms with Gasteiger partial charge in [0.05, 0.1) is 5.84 Å². The Bertz CT molecular complexity index is 176. The number of nitrogens with one attached hydrogen (secondary N) is 1. The first-order valence-corrected chi connectivity index (χ1v) is 4.34. The van der Waals surface area contributed by atoms with E-state index >= 15 is 0 Å². The van der Waals surface area contributed by atoms with Gasteiger partial charge in [0.15, 0.2) is 0 Å². The van der Waals surface area contributed by atoms with E-state index in [0.717, 1.165) is 31.8 Å². The maximum atomic E-state index is 7.80. The average Bonchev–Trinajstić information content (AvgIpc) is 2.38. The van der Waals surface area contributed by atoms with E-state index in [4.69, 9.17) is 5.41 Å². The zero-order valence-corrected chi connectivity index (χ0v) is 7.42. The molecule has 0 spiro atoms. The highest BCUT2D eigenvalue weighted by atomic mass is 15.2. The third-order valence-electron chi connectivity index (χ3n) is 2.28.